The van der Waals surface area contributed by atoms with E-state index in [9.17, 15) is 19.7 Å². The van der Waals surface area contributed by atoms with E-state index in [-0.39, 0.29) is 12.2 Å². The molecule has 102 valence electrons. The van der Waals surface area contributed by atoms with Gasteiger partial charge in [-0.3, -0.25) is 9.59 Å². The number of aliphatic carboxylic acids is 1. The lowest BCUT2D eigenvalue weighted by atomic mass is 9.97. The molecule has 1 aromatic heterocycles. The number of aryl methyl sites for hydroxylation is 1. The minimum absolute atomic E-state index is 0.0437. The SMILES string of the molecule is CCOC(=O)C(C(=O)O)c1cnc([N+](=O)[O-])cc1C. The average Bonchev–Trinajstić information content (AvgIpc) is 2.31. The van der Waals surface area contributed by atoms with E-state index in [1.165, 1.54) is 6.92 Å². The van der Waals surface area contributed by atoms with E-state index in [2.05, 4.69) is 9.72 Å². The lowest BCUT2D eigenvalue weighted by Crippen LogP contribution is -2.24. The Labute approximate surface area is 108 Å². The van der Waals surface area contributed by atoms with Crippen LogP contribution in [-0.4, -0.2) is 33.6 Å². The lowest BCUT2D eigenvalue weighted by Gasteiger charge is -2.12. The van der Waals surface area contributed by atoms with Crippen LogP contribution in [0.4, 0.5) is 5.82 Å². The fraction of sp³-hybridized carbons (Fsp3) is 0.364. The fourth-order valence-corrected chi connectivity index (χ4v) is 1.54. The first-order valence-corrected chi connectivity index (χ1v) is 5.38. The molecule has 19 heavy (non-hydrogen) atoms. The first kappa shape index (κ1) is 14.6. The van der Waals surface area contributed by atoms with Crippen molar-refractivity contribution in [2.24, 2.45) is 0 Å². The molecule has 0 radical (unpaired) electrons. The number of hydrogen-bond acceptors (Lipinski definition) is 6. The Hall–Kier alpha value is -2.51. The molecular weight excluding hydrogens is 256 g/mol. The molecule has 8 heteroatoms. The van der Waals surface area contributed by atoms with E-state index >= 15 is 0 Å². The van der Waals surface area contributed by atoms with Gasteiger partial charge in [-0.25, -0.2) is 0 Å². The minimum atomic E-state index is -1.53. The number of hydrogen-bond donors (Lipinski definition) is 1. The van der Waals surface area contributed by atoms with Crippen LogP contribution in [0, 0.1) is 17.0 Å². The van der Waals surface area contributed by atoms with Crippen molar-refractivity contribution >= 4 is 17.8 Å². The molecule has 1 heterocycles. The Morgan fingerprint density at radius 3 is 2.63 bits per heavy atom. The second-order valence-electron chi connectivity index (χ2n) is 3.68. The molecule has 1 N–H and O–H groups in total. The summed E-state index contributed by atoms with van der Waals surface area (Å²) in [7, 11) is 0. The highest BCUT2D eigenvalue weighted by molar-refractivity contribution is 6.00. The van der Waals surface area contributed by atoms with Crippen molar-refractivity contribution in [3.63, 3.8) is 0 Å². The van der Waals surface area contributed by atoms with Crippen molar-refractivity contribution in [1.82, 2.24) is 4.98 Å². The number of rotatable bonds is 5. The van der Waals surface area contributed by atoms with Gasteiger partial charge in [-0.1, -0.05) is 0 Å². The molecule has 1 unspecified atom stereocenters. The van der Waals surface area contributed by atoms with Gasteiger partial charge < -0.3 is 20.0 Å². The van der Waals surface area contributed by atoms with Gasteiger partial charge in [0.15, 0.2) is 5.92 Å². The molecule has 0 spiro atoms. The molecule has 1 rings (SSSR count). The summed E-state index contributed by atoms with van der Waals surface area (Å²) in [5, 5.41) is 19.6. The zero-order valence-electron chi connectivity index (χ0n) is 10.3. The highest BCUT2D eigenvalue weighted by atomic mass is 16.6. The highest BCUT2D eigenvalue weighted by Gasteiger charge is 2.33. The number of carbonyl (C=O) groups is 2. The van der Waals surface area contributed by atoms with E-state index < -0.39 is 28.6 Å². The van der Waals surface area contributed by atoms with E-state index in [4.69, 9.17) is 5.11 Å². The summed E-state index contributed by atoms with van der Waals surface area (Å²) < 4.78 is 4.67. The highest BCUT2D eigenvalue weighted by Crippen LogP contribution is 2.23. The predicted octanol–water partition coefficient (Wildman–Crippen LogP) is 1.03. The molecule has 1 atom stereocenters. The van der Waals surface area contributed by atoms with Crippen molar-refractivity contribution in [2.75, 3.05) is 6.61 Å². The number of nitro groups is 1. The van der Waals surface area contributed by atoms with Gasteiger partial charge in [0.2, 0.25) is 0 Å². The first-order chi connectivity index (χ1) is 8.88. The van der Waals surface area contributed by atoms with Gasteiger partial charge in [0.25, 0.3) is 0 Å². The Balaban J connectivity index is 3.21. The third-order valence-electron chi connectivity index (χ3n) is 2.40. The van der Waals surface area contributed by atoms with Gasteiger partial charge in [-0.15, -0.1) is 0 Å². The number of nitrogens with zero attached hydrogens (tertiary/aromatic N) is 2. The number of carboxylic acid groups (broad SMARTS) is 1. The third kappa shape index (κ3) is 3.24. The summed E-state index contributed by atoms with van der Waals surface area (Å²) in [5.41, 5.74) is 0.374. The quantitative estimate of drug-likeness (QED) is 0.366. The number of aromatic nitrogens is 1. The second kappa shape index (κ2) is 5.89. The second-order valence-corrected chi connectivity index (χ2v) is 3.68. The Kier molecular flexibility index (Phi) is 4.51. The smallest absolute Gasteiger partial charge is 0.363 e. The zero-order chi connectivity index (χ0) is 14.6. The van der Waals surface area contributed by atoms with Crippen LogP contribution < -0.4 is 0 Å². The summed E-state index contributed by atoms with van der Waals surface area (Å²) in [6.07, 6.45) is 1.02. The van der Waals surface area contributed by atoms with Crippen molar-refractivity contribution in [3.05, 3.63) is 33.5 Å². The summed E-state index contributed by atoms with van der Waals surface area (Å²) in [6.45, 7) is 3.07. The predicted molar refractivity (Wildman–Crippen MR) is 62.6 cm³/mol. The Morgan fingerprint density at radius 2 is 2.21 bits per heavy atom. The first-order valence-electron chi connectivity index (χ1n) is 5.38. The van der Waals surface area contributed by atoms with Crippen LogP contribution in [0.2, 0.25) is 0 Å². The Bertz CT molecular complexity index is 528. The maximum Gasteiger partial charge on any atom is 0.363 e. The Morgan fingerprint density at radius 1 is 1.58 bits per heavy atom. The van der Waals surface area contributed by atoms with Crippen LogP contribution in [0.3, 0.4) is 0 Å². The fourth-order valence-electron chi connectivity index (χ4n) is 1.54. The molecule has 0 amide bonds. The topological polar surface area (TPSA) is 120 Å². The maximum atomic E-state index is 11.6. The largest absolute Gasteiger partial charge is 0.480 e. The van der Waals surface area contributed by atoms with Crippen LogP contribution in [0.5, 0.6) is 0 Å². The van der Waals surface area contributed by atoms with Gasteiger partial charge in [-0.2, -0.15) is 0 Å². The molecule has 1 aromatic rings. The van der Waals surface area contributed by atoms with Gasteiger partial charge in [0.05, 0.1) is 6.61 Å². The molecule has 0 aliphatic carbocycles. The van der Waals surface area contributed by atoms with Crippen LogP contribution in [0.1, 0.15) is 24.0 Å². The molecule has 0 aliphatic rings. The van der Waals surface area contributed by atoms with Crippen molar-refractivity contribution < 1.29 is 24.4 Å². The van der Waals surface area contributed by atoms with Crippen molar-refractivity contribution in [3.8, 4) is 0 Å². The third-order valence-corrected chi connectivity index (χ3v) is 2.40. The number of esters is 1. The normalized spacial score (nSPS) is 11.7. The molecule has 0 fully saturated rings. The maximum absolute atomic E-state index is 11.6. The summed E-state index contributed by atoms with van der Waals surface area (Å²) in [6, 6.07) is 1.12. The molecular formula is C11H12N2O6. The van der Waals surface area contributed by atoms with E-state index in [1.54, 1.807) is 6.92 Å². The van der Waals surface area contributed by atoms with Crippen LogP contribution in [0.15, 0.2) is 12.3 Å². The minimum Gasteiger partial charge on any atom is -0.480 e. The van der Waals surface area contributed by atoms with E-state index in [0.29, 0.717) is 5.56 Å². The number of carbonyl (C=O) groups excluding carboxylic acids is 1. The number of pyridine rings is 1. The standard InChI is InChI=1S/C11H12N2O6/c1-3-19-11(16)9(10(14)15)7-5-12-8(13(17)18)4-6(7)2/h4-5,9H,3H2,1-2H3,(H,14,15). The molecule has 0 saturated heterocycles. The van der Waals surface area contributed by atoms with Gasteiger partial charge in [-0.05, 0) is 29.3 Å². The number of carboxylic acids is 1. The lowest BCUT2D eigenvalue weighted by molar-refractivity contribution is -0.389. The average molecular weight is 268 g/mol. The summed E-state index contributed by atoms with van der Waals surface area (Å²) >= 11 is 0. The molecule has 0 aromatic carbocycles. The van der Waals surface area contributed by atoms with Crippen molar-refractivity contribution in [2.45, 2.75) is 19.8 Å². The molecule has 8 nitrogen and oxygen atoms in total. The number of ether oxygens (including phenoxy) is 1. The van der Waals surface area contributed by atoms with Crippen LogP contribution >= 0.6 is 0 Å². The summed E-state index contributed by atoms with van der Waals surface area (Å²) in [4.78, 5) is 36.1. The molecule has 0 bridgehead atoms. The molecule has 0 aliphatic heterocycles. The van der Waals surface area contributed by atoms with Gasteiger partial charge in [0, 0.05) is 11.6 Å². The van der Waals surface area contributed by atoms with Crippen LogP contribution in [-0.2, 0) is 14.3 Å². The van der Waals surface area contributed by atoms with Gasteiger partial charge >= 0.3 is 17.8 Å². The van der Waals surface area contributed by atoms with Crippen molar-refractivity contribution in [1.29, 1.82) is 0 Å². The van der Waals surface area contributed by atoms with Gasteiger partial charge in [0.1, 0.15) is 6.20 Å². The monoisotopic (exact) mass is 268 g/mol. The molecule has 0 saturated carbocycles. The van der Waals surface area contributed by atoms with E-state index in [0.717, 1.165) is 12.3 Å². The summed E-state index contributed by atoms with van der Waals surface area (Å²) in [5.74, 6) is -4.26. The van der Waals surface area contributed by atoms with Crippen LogP contribution in [0.25, 0.3) is 0 Å². The van der Waals surface area contributed by atoms with E-state index in [1.807, 2.05) is 0 Å². The zero-order valence-corrected chi connectivity index (χ0v) is 10.3.